The molecule has 0 saturated heterocycles. The highest BCUT2D eigenvalue weighted by Gasteiger charge is 2.20. The molecule has 0 fully saturated rings. The predicted molar refractivity (Wildman–Crippen MR) is 107 cm³/mol. The van der Waals surface area contributed by atoms with E-state index in [1.165, 1.54) is 17.0 Å². The van der Waals surface area contributed by atoms with Crippen LogP contribution in [0.25, 0.3) is 0 Å². The SMILES string of the molecule is CCNS(=O)(=O)c1ccc(C)c(C(=O)N(C)Cc2ccc(OC)cc2OC)c1. The molecule has 0 radical (unpaired) electrons. The van der Waals surface area contributed by atoms with Crippen LogP contribution in [0, 0.1) is 6.92 Å². The number of carbonyl (C=O) groups excluding carboxylic acids is 1. The summed E-state index contributed by atoms with van der Waals surface area (Å²) in [5.74, 6) is 0.995. The Morgan fingerprint density at radius 2 is 1.82 bits per heavy atom. The fraction of sp³-hybridized carbons (Fsp3) is 0.350. The van der Waals surface area contributed by atoms with Crippen LogP contribution in [0.3, 0.4) is 0 Å². The third-order valence-corrected chi connectivity index (χ3v) is 5.88. The Balaban J connectivity index is 2.31. The molecule has 1 N–H and O–H groups in total. The molecular weight excluding hydrogens is 380 g/mol. The molecule has 0 aliphatic heterocycles. The highest BCUT2D eigenvalue weighted by molar-refractivity contribution is 7.89. The Hall–Kier alpha value is -2.58. The zero-order valence-corrected chi connectivity index (χ0v) is 17.6. The molecule has 0 atom stereocenters. The largest absolute Gasteiger partial charge is 0.497 e. The molecule has 8 heteroatoms. The summed E-state index contributed by atoms with van der Waals surface area (Å²) in [5.41, 5.74) is 1.86. The van der Waals surface area contributed by atoms with E-state index in [9.17, 15) is 13.2 Å². The summed E-state index contributed by atoms with van der Waals surface area (Å²) in [6.45, 7) is 4.05. The number of hydrogen-bond donors (Lipinski definition) is 1. The van der Waals surface area contributed by atoms with Gasteiger partial charge in [0, 0.05) is 37.3 Å². The maximum atomic E-state index is 13.0. The summed E-state index contributed by atoms with van der Waals surface area (Å²) >= 11 is 0. The molecule has 0 spiro atoms. The van der Waals surface area contributed by atoms with E-state index in [2.05, 4.69) is 4.72 Å². The topological polar surface area (TPSA) is 84.9 Å². The van der Waals surface area contributed by atoms with Crippen LogP contribution in [0.1, 0.15) is 28.4 Å². The second-order valence-electron chi connectivity index (χ2n) is 6.32. The van der Waals surface area contributed by atoms with Crippen molar-refractivity contribution in [1.82, 2.24) is 9.62 Å². The van der Waals surface area contributed by atoms with E-state index in [1.54, 1.807) is 53.3 Å². The molecule has 0 unspecified atom stereocenters. The van der Waals surface area contributed by atoms with Crippen molar-refractivity contribution in [2.75, 3.05) is 27.8 Å². The molecule has 2 aromatic rings. The first-order chi connectivity index (χ1) is 13.2. The normalized spacial score (nSPS) is 11.2. The van der Waals surface area contributed by atoms with E-state index >= 15 is 0 Å². The van der Waals surface area contributed by atoms with Crippen molar-refractivity contribution in [2.45, 2.75) is 25.3 Å². The van der Waals surface area contributed by atoms with Crippen LogP contribution in [-0.4, -0.2) is 47.0 Å². The first-order valence-electron chi connectivity index (χ1n) is 8.80. The van der Waals surface area contributed by atoms with Crippen LogP contribution < -0.4 is 14.2 Å². The predicted octanol–water partition coefficient (Wildman–Crippen LogP) is 2.58. The Labute approximate surface area is 166 Å². The van der Waals surface area contributed by atoms with Gasteiger partial charge in [-0.1, -0.05) is 13.0 Å². The summed E-state index contributed by atoms with van der Waals surface area (Å²) in [5, 5.41) is 0. The number of sulfonamides is 1. The third-order valence-electron chi connectivity index (χ3n) is 4.33. The summed E-state index contributed by atoms with van der Waals surface area (Å²) < 4.78 is 37.5. The van der Waals surface area contributed by atoms with E-state index in [0.29, 0.717) is 29.2 Å². The number of ether oxygens (including phenoxy) is 2. The van der Waals surface area contributed by atoms with Crippen molar-refractivity contribution in [2.24, 2.45) is 0 Å². The Morgan fingerprint density at radius 3 is 2.43 bits per heavy atom. The highest BCUT2D eigenvalue weighted by atomic mass is 32.2. The lowest BCUT2D eigenvalue weighted by molar-refractivity contribution is 0.0783. The van der Waals surface area contributed by atoms with Crippen LogP contribution >= 0.6 is 0 Å². The molecule has 0 saturated carbocycles. The fourth-order valence-electron chi connectivity index (χ4n) is 2.79. The maximum Gasteiger partial charge on any atom is 0.254 e. The zero-order valence-electron chi connectivity index (χ0n) is 16.8. The number of rotatable bonds is 8. The Bertz CT molecular complexity index is 957. The highest BCUT2D eigenvalue weighted by Crippen LogP contribution is 2.26. The van der Waals surface area contributed by atoms with Gasteiger partial charge < -0.3 is 14.4 Å². The summed E-state index contributed by atoms with van der Waals surface area (Å²) in [6.07, 6.45) is 0. The summed E-state index contributed by atoms with van der Waals surface area (Å²) in [6, 6.07) is 9.93. The van der Waals surface area contributed by atoms with Gasteiger partial charge in [-0.3, -0.25) is 4.79 Å². The molecule has 0 heterocycles. The fourth-order valence-corrected chi connectivity index (χ4v) is 3.85. The maximum absolute atomic E-state index is 13.0. The first kappa shape index (κ1) is 21.7. The standard InChI is InChI=1S/C20H26N2O5S/c1-6-21-28(24,25)17-10-7-14(2)18(12-17)20(23)22(3)13-15-8-9-16(26-4)11-19(15)27-5/h7-12,21H,6,13H2,1-5H3. The van der Waals surface area contributed by atoms with Crippen molar-refractivity contribution >= 4 is 15.9 Å². The summed E-state index contributed by atoms with van der Waals surface area (Å²) in [4.78, 5) is 14.6. The van der Waals surface area contributed by atoms with Gasteiger partial charge in [0.2, 0.25) is 10.0 Å². The van der Waals surface area contributed by atoms with Crippen molar-refractivity contribution < 1.29 is 22.7 Å². The minimum Gasteiger partial charge on any atom is -0.497 e. The van der Waals surface area contributed by atoms with Gasteiger partial charge in [-0.05, 0) is 36.8 Å². The quantitative estimate of drug-likeness (QED) is 0.728. The van der Waals surface area contributed by atoms with Crippen molar-refractivity contribution in [3.05, 3.63) is 53.1 Å². The van der Waals surface area contributed by atoms with Crippen LogP contribution in [0.4, 0.5) is 0 Å². The van der Waals surface area contributed by atoms with Crippen molar-refractivity contribution in [3.63, 3.8) is 0 Å². The molecule has 7 nitrogen and oxygen atoms in total. The van der Waals surface area contributed by atoms with Gasteiger partial charge >= 0.3 is 0 Å². The monoisotopic (exact) mass is 406 g/mol. The second-order valence-corrected chi connectivity index (χ2v) is 8.08. The van der Waals surface area contributed by atoms with Crippen LogP contribution in [0.15, 0.2) is 41.3 Å². The first-order valence-corrected chi connectivity index (χ1v) is 10.3. The molecule has 1 amide bonds. The molecule has 0 aromatic heterocycles. The molecule has 0 aliphatic rings. The lowest BCUT2D eigenvalue weighted by Gasteiger charge is -2.20. The van der Waals surface area contributed by atoms with Crippen LogP contribution in [0.5, 0.6) is 11.5 Å². The molecule has 0 bridgehead atoms. The number of benzene rings is 2. The third kappa shape index (κ3) is 4.82. The molecule has 2 aromatic carbocycles. The number of nitrogens with one attached hydrogen (secondary N) is 1. The number of hydrogen-bond acceptors (Lipinski definition) is 5. The van der Waals surface area contributed by atoms with Gasteiger partial charge in [-0.15, -0.1) is 0 Å². The molecule has 28 heavy (non-hydrogen) atoms. The van der Waals surface area contributed by atoms with Gasteiger partial charge in [0.15, 0.2) is 0 Å². The van der Waals surface area contributed by atoms with Gasteiger partial charge in [0.1, 0.15) is 11.5 Å². The average molecular weight is 407 g/mol. The lowest BCUT2D eigenvalue weighted by Crippen LogP contribution is -2.28. The average Bonchev–Trinajstić information content (AvgIpc) is 2.67. The molecule has 0 aliphatic carbocycles. The van der Waals surface area contributed by atoms with Crippen molar-refractivity contribution in [1.29, 1.82) is 0 Å². The number of nitrogens with zero attached hydrogens (tertiary/aromatic N) is 1. The number of amides is 1. The van der Waals surface area contributed by atoms with Gasteiger partial charge in [0.25, 0.3) is 5.91 Å². The van der Waals surface area contributed by atoms with Gasteiger partial charge in [-0.2, -0.15) is 0 Å². The van der Waals surface area contributed by atoms with Crippen LogP contribution in [-0.2, 0) is 16.6 Å². The van der Waals surface area contributed by atoms with E-state index in [1.807, 2.05) is 6.07 Å². The molecule has 2 rings (SSSR count). The lowest BCUT2D eigenvalue weighted by atomic mass is 10.1. The molecular formula is C20H26N2O5S. The van der Waals surface area contributed by atoms with Crippen LogP contribution in [0.2, 0.25) is 0 Å². The minimum absolute atomic E-state index is 0.0683. The number of methoxy groups -OCH3 is 2. The van der Waals surface area contributed by atoms with E-state index in [-0.39, 0.29) is 17.3 Å². The summed E-state index contributed by atoms with van der Waals surface area (Å²) in [7, 11) is 1.15. The Morgan fingerprint density at radius 1 is 1.11 bits per heavy atom. The van der Waals surface area contributed by atoms with E-state index in [0.717, 1.165) is 5.56 Å². The van der Waals surface area contributed by atoms with E-state index in [4.69, 9.17) is 9.47 Å². The number of carbonyl (C=O) groups is 1. The van der Waals surface area contributed by atoms with Gasteiger partial charge in [0.05, 0.1) is 19.1 Å². The second kappa shape index (κ2) is 9.07. The smallest absolute Gasteiger partial charge is 0.254 e. The number of aryl methyl sites for hydroxylation is 1. The van der Waals surface area contributed by atoms with Gasteiger partial charge in [-0.25, -0.2) is 13.1 Å². The van der Waals surface area contributed by atoms with E-state index < -0.39 is 10.0 Å². The zero-order chi connectivity index (χ0) is 20.9. The van der Waals surface area contributed by atoms with Crippen molar-refractivity contribution in [3.8, 4) is 11.5 Å². The Kier molecular flexibility index (Phi) is 7.04. The molecule has 152 valence electrons. The minimum atomic E-state index is -3.64.